The predicted octanol–water partition coefficient (Wildman–Crippen LogP) is 3.65. The Morgan fingerprint density at radius 3 is 2.56 bits per heavy atom. The highest BCUT2D eigenvalue weighted by atomic mass is 79.9. The average molecular weight is 278 g/mol. The van der Waals surface area contributed by atoms with Crippen LogP contribution >= 0.6 is 15.9 Å². The first-order valence-corrected chi connectivity index (χ1v) is 6.12. The molecular formula is C13H12BrNO. The van der Waals surface area contributed by atoms with Crippen LogP contribution in [0.1, 0.15) is 5.56 Å². The lowest BCUT2D eigenvalue weighted by Gasteiger charge is -2.10. The van der Waals surface area contributed by atoms with E-state index in [1.165, 1.54) is 0 Å². The maximum atomic E-state index is 5.43. The van der Waals surface area contributed by atoms with Crippen LogP contribution < -0.4 is 4.74 Å². The highest BCUT2D eigenvalue weighted by Gasteiger charge is 2.10. The molecular weight excluding hydrogens is 266 g/mol. The van der Waals surface area contributed by atoms with Crippen LogP contribution in [0.2, 0.25) is 0 Å². The summed E-state index contributed by atoms with van der Waals surface area (Å²) in [6.45, 7) is 0. The molecule has 0 unspecified atom stereocenters. The molecule has 1 aromatic carbocycles. The minimum Gasteiger partial charge on any atom is -0.494 e. The van der Waals surface area contributed by atoms with Gasteiger partial charge in [0, 0.05) is 22.7 Å². The molecule has 1 aromatic heterocycles. The maximum absolute atomic E-state index is 5.43. The summed E-state index contributed by atoms with van der Waals surface area (Å²) in [5.74, 6) is 0.838. The van der Waals surface area contributed by atoms with Crippen molar-refractivity contribution in [2.75, 3.05) is 7.11 Å². The Hall–Kier alpha value is -1.35. The molecule has 3 heteroatoms. The monoisotopic (exact) mass is 277 g/mol. The van der Waals surface area contributed by atoms with Gasteiger partial charge in [-0.2, -0.15) is 0 Å². The van der Waals surface area contributed by atoms with Crippen LogP contribution in [0.25, 0.3) is 11.3 Å². The summed E-state index contributed by atoms with van der Waals surface area (Å²) < 4.78 is 5.43. The van der Waals surface area contributed by atoms with Gasteiger partial charge in [0.05, 0.1) is 7.11 Å². The highest BCUT2D eigenvalue weighted by molar-refractivity contribution is 9.08. The van der Waals surface area contributed by atoms with Gasteiger partial charge in [0.15, 0.2) is 0 Å². The predicted molar refractivity (Wildman–Crippen MR) is 68.9 cm³/mol. The van der Waals surface area contributed by atoms with E-state index >= 15 is 0 Å². The first-order valence-electron chi connectivity index (χ1n) is 5.00. The number of hydrogen-bond acceptors (Lipinski definition) is 2. The van der Waals surface area contributed by atoms with Gasteiger partial charge >= 0.3 is 0 Å². The number of hydrogen-bond donors (Lipinski definition) is 0. The second-order valence-corrected chi connectivity index (χ2v) is 3.91. The number of rotatable bonds is 3. The second kappa shape index (κ2) is 5.12. The van der Waals surface area contributed by atoms with Gasteiger partial charge in [-0.1, -0.05) is 46.3 Å². The third-order valence-corrected chi connectivity index (χ3v) is 2.99. The third kappa shape index (κ3) is 2.09. The first-order chi connectivity index (χ1) is 7.86. The molecule has 2 rings (SSSR count). The third-order valence-electron chi connectivity index (χ3n) is 2.38. The zero-order valence-corrected chi connectivity index (χ0v) is 10.6. The van der Waals surface area contributed by atoms with E-state index in [9.17, 15) is 0 Å². The van der Waals surface area contributed by atoms with E-state index in [2.05, 4.69) is 20.9 Å². The van der Waals surface area contributed by atoms with Crippen molar-refractivity contribution in [1.82, 2.24) is 4.98 Å². The second-order valence-electron chi connectivity index (χ2n) is 3.35. The highest BCUT2D eigenvalue weighted by Crippen LogP contribution is 2.31. The van der Waals surface area contributed by atoms with Crippen molar-refractivity contribution < 1.29 is 4.74 Å². The fourth-order valence-corrected chi connectivity index (χ4v) is 2.06. The molecule has 2 nitrogen and oxygen atoms in total. The number of methoxy groups -OCH3 is 1. The lowest BCUT2D eigenvalue weighted by molar-refractivity contribution is 0.411. The molecule has 2 aromatic rings. The number of alkyl halides is 1. The molecule has 0 bridgehead atoms. The summed E-state index contributed by atoms with van der Waals surface area (Å²) in [6.07, 6.45) is 1.81. The number of halogens is 1. The van der Waals surface area contributed by atoms with Crippen LogP contribution in [0, 0.1) is 0 Å². The standard InChI is InChI=1S/C13H12BrNO/c1-16-13-11(9-14)7-8-15-12(13)10-5-3-2-4-6-10/h2-8H,9H2,1H3. The van der Waals surface area contributed by atoms with E-state index in [0.29, 0.717) is 0 Å². The molecule has 82 valence electrons. The van der Waals surface area contributed by atoms with Crippen LogP contribution in [0.15, 0.2) is 42.6 Å². The van der Waals surface area contributed by atoms with Gasteiger partial charge in [-0.3, -0.25) is 4.98 Å². The average Bonchev–Trinajstić information content (AvgIpc) is 2.38. The van der Waals surface area contributed by atoms with Crippen molar-refractivity contribution in [2.45, 2.75) is 5.33 Å². The Kier molecular flexibility index (Phi) is 3.57. The normalized spacial score (nSPS) is 10.1. The molecule has 0 aliphatic rings. The van der Waals surface area contributed by atoms with Crippen molar-refractivity contribution in [3.05, 3.63) is 48.2 Å². The fraction of sp³-hybridized carbons (Fsp3) is 0.154. The maximum Gasteiger partial charge on any atom is 0.149 e. The lowest BCUT2D eigenvalue weighted by atomic mass is 10.1. The van der Waals surface area contributed by atoms with E-state index in [-0.39, 0.29) is 0 Å². The quantitative estimate of drug-likeness (QED) is 0.799. The van der Waals surface area contributed by atoms with E-state index in [4.69, 9.17) is 4.74 Å². The van der Waals surface area contributed by atoms with Crippen LogP contribution in [-0.4, -0.2) is 12.1 Å². The van der Waals surface area contributed by atoms with E-state index in [1.54, 1.807) is 13.3 Å². The SMILES string of the molecule is COc1c(CBr)ccnc1-c1ccccc1. The topological polar surface area (TPSA) is 22.1 Å². The minimum atomic E-state index is 0.762. The Morgan fingerprint density at radius 2 is 1.94 bits per heavy atom. The Bertz CT molecular complexity index is 471. The van der Waals surface area contributed by atoms with Gasteiger partial charge in [-0.15, -0.1) is 0 Å². The molecule has 0 fully saturated rings. The smallest absolute Gasteiger partial charge is 0.149 e. The summed E-state index contributed by atoms with van der Waals surface area (Å²) in [4.78, 5) is 4.38. The van der Waals surface area contributed by atoms with Gasteiger partial charge in [0.2, 0.25) is 0 Å². The molecule has 0 amide bonds. The fourth-order valence-electron chi connectivity index (χ4n) is 1.62. The van der Waals surface area contributed by atoms with Crippen molar-refractivity contribution in [3.8, 4) is 17.0 Å². The van der Waals surface area contributed by atoms with E-state index < -0.39 is 0 Å². The molecule has 0 radical (unpaired) electrons. The van der Waals surface area contributed by atoms with Crippen LogP contribution in [0.4, 0.5) is 0 Å². The first kappa shape index (κ1) is 11.1. The molecule has 0 saturated carbocycles. The zero-order valence-electron chi connectivity index (χ0n) is 8.98. The van der Waals surface area contributed by atoms with Crippen molar-refractivity contribution >= 4 is 15.9 Å². The molecule has 0 spiro atoms. The molecule has 16 heavy (non-hydrogen) atoms. The number of aromatic nitrogens is 1. The van der Waals surface area contributed by atoms with Crippen molar-refractivity contribution in [3.63, 3.8) is 0 Å². The molecule has 0 N–H and O–H groups in total. The molecule has 0 saturated heterocycles. The Morgan fingerprint density at radius 1 is 1.19 bits per heavy atom. The Labute approximate surface area is 103 Å². The summed E-state index contributed by atoms with van der Waals surface area (Å²) in [5, 5.41) is 0.762. The van der Waals surface area contributed by atoms with Gasteiger partial charge in [0.25, 0.3) is 0 Å². The number of pyridine rings is 1. The van der Waals surface area contributed by atoms with Crippen LogP contribution in [0.3, 0.4) is 0 Å². The molecule has 1 heterocycles. The van der Waals surface area contributed by atoms with Gasteiger partial charge in [0.1, 0.15) is 11.4 Å². The van der Waals surface area contributed by atoms with Crippen molar-refractivity contribution in [1.29, 1.82) is 0 Å². The number of nitrogens with zero attached hydrogens (tertiary/aromatic N) is 1. The van der Waals surface area contributed by atoms with Gasteiger partial charge in [-0.05, 0) is 6.07 Å². The van der Waals surface area contributed by atoms with E-state index in [1.807, 2.05) is 36.4 Å². The molecule has 0 aliphatic carbocycles. The summed E-state index contributed by atoms with van der Waals surface area (Å²) in [5.41, 5.74) is 3.07. The minimum absolute atomic E-state index is 0.762. The van der Waals surface area contributed by atoms with Crippen LogP contribution in [-0.2, 0) is 5.33 Å². The van der Waals surface area contributed by atoms with Gasteiger partial charge < -0.3 is 4.74 Å². The van der Waals surface area contributed by atoms with Crippen LogP contribution in [0.5, 0.6) is 5.75 Å². The van der Waals surface area contributed by atoms with Crippen molar-refractivity contribution in [2.24, 2.45) is 0 Å². The summed E-state index contributed by atoms with van der Waals surface area (Å²) >= 11 is 3.45. The number of ether oxygens (including phenoxy) is 1. The molecule has 0 atom stereocenters. The Balaban J connectivity index is 2.57. The van der Waals surface area contributed by atoms with Gasteiger partial charge in [-0.25, -0.2) is 0 Å². The van der Waals surface area contributed by atoms with E-state index in [0.717, 1.165) is 27.9 Å². The number of benzene rings is 1. The largest absolute Gasteiger partial charge is 0.494 e. The summed E-state index contributed by atoms with van der Waals surface area (Å²) in [7, 11) is 1.68. The molecule has 0 aliphatic heterocycles. The zero-order chi connectivity index (χ0) is 11.4. The summed E-state index contributed by atoms with van der Waals surface area (Å²) in [6, 6.07) is 12.0. The lowest BCUT2D eigenvalue weighted by Crippen LogP contribution is -1.95.